The van der Waals surface area contributed by atoms with Crippen LogP contribution in [0.5, 0.6) is 0 Å². The Kier molecular flexibility index (Phi) is 6.66. The van der Waals surface area contributed by atoms with Gasteiger partial charge in [-0.25, -0.2) is 0 Å². The molecule has 1 saturated carbocycles. The van der Waals surface area contributed by atoms with Gasteiger partial charge in [0, 0.05) is 7.11 Å². The summed E-state index contributed by atoms with van der Waals surface area (Å²) in [6, 6.07) is 21.9. The molecule has 0 unspecified atom stereocenters. The van der Waals surface area contributed by atoms with Crippen molar-refractivity contribution in [2.75, 3.05) is 20.3 Å². The van der Waals surface area contributed by atoms with Gasteiger partial charge in [-0.05, 0) is 55.1 Å². The number of methoxy groups -OCH3 is 1. The second-order valence-corrected chi connectivity index (χ2v) is 7.39. The highest BCUT2D eigenvalue weighted by atomic mass is 16.5. The SMILES string of the molecule is COCCOC1CCC(Cc2ccccc2)(Cc2ccccc2)CC1. The van der Waals surface area contributed by atoms with Crippen molar-refractivity contribution >= 4 is 0 Å². The quantitative estimate of drug-likeness (QED) is 0.626. The van der Waals surface area contributed by atoms with E-state index in [4.69, 9.17) is 9.47 Å². The molecule has 25 heavy (non-hydrogen) atoms. The van der Waals surface area contributed by atoms with E-state index in [1.165, 1.54) is 24.0 Å². The van der Waals surface area contributed by atoms with Gasteiger partial charge in [0.05, 0.1) is 19.3 Å². The molecular formula is C23H30O2. The molecule has 0 spiro atoms. The highest BCUT2D eigenvalue weighted by Gasteiger charge is 2.35. The molecule has 3 rings (SSSR count). The molecule has 0 saturated heterocycles. The summed E-state index contributed by atoms with van der Waals surface area (Å²) in [7, 11) is 1.73. The summed E-state index contributed by atoms with van der Waals surface area (Å²) in [6.45, 7) is 1.40. The smallest absolute Gasteiger partial charge is 0.0704 e. The highest BCUT2D eigenvalue weighted by molar-refractivity contribution is 5.21. The predicted octanol–water partition coefficient (Wildman–Crippen LogP) is 5.06. The van der Waals surface area contributed by atoms with Gasteiger partial charge in [0.25, 0.3) is 0 Å². The summed E-state index contributed by atoms with van der Waals surface area (Å²) >= 11 is 0. The van der Waals surface area contributed by atoms with E-state index in [1.54, 1.807) is 7.11 Å². The highest BCUT2D eigenvalue weighted by Crippen LogP contribution is 2.42. The van der Waals surface area contributed by atoms with Gasteiger partial charge in [-0.3, -0.25) is 0 Å². The molecule has 2 aromatic carbocycles. The lowest BCUT2D eigenvalue weighted by atomic mass is 9.66. The molecule has 1 aliphatic carbocycles. The van der Waals surface area contributed by atoms with Crippen LogP contribution < -0.4 is 0 Å². The average molecular weight is 338 g/mol. The van der Waals surface area contributed by atoms with E-state index in [2.05, 4.69) is 60.7 Å². The number of rotatable bonds is 8. The Balaban J connectivity index is 1.68. The maximum absolute atomic E-state index is 5.99. The number of hydrogen-bond acceptors (Lipinski definition) is 2. The van der Waals surface area contributed by atoms with E-state index in [0.29, 0.717) is 24.7 Å². The van der Waals surface area contributed by atoms with E-state index in [0.717, 1.165) is 25.7 Å². The van der Waals surface area contributed by atoms with Crippen molar-refractivity contribution in [2.24, 2.45) is 5.41 Å². The normalized spacial score (nSPS) is 17.5. The Bertz CT molecular complexity index is 557. The maximum atomic E-state index is 5.99. The standard InChI is InChI=1S/C23H30O2/c1-24-16-17-25-22-12-14-23(15-13-22,18-20-8-4-2-5-9-20)19-21-10-6-3-7-11-21/h2-11,22H,12-19H2,1H3. The van der Waals surface area contributed by atoms with E-state index < -0.39 is 0 Å². The van der Waals surface area contributed by atoms with Gasteiger partial charge in [-0.1, -0.05) is 60.7 Å². The van der Waals surface area contributed by atoms with Crippen molar-refractivity contribution in [2.45, 2.75) is 44.6 Å². The monoisotopic (exact) mass is 338 g/mol. The van der Waals surface area contributed by atoms with Crippen LogP contribution in [0.15, 0.2) is 60.7 Å². The van der Waals surface area contributed by atoms with Crippen LogP contribution in [0.4, 0.5) is 0 Å². The first-order valence-electron chi connectivity index (χ1n) is 9.48. The van der Waals surface area contributed by atoms with E-state index in [9.17, 15) is 0 Å². The molecule has 2 nitrogen and oxygen atoms in total. The molecule has 2 heteroatoms. The summed E-state index contributed by atoms with van der Waals surface area (Å²) in [5.41, 5.74) is 3.26. The third-order valence-electron chi connectivity index (χ3n) is 5.48. The molecule has 1 aliphatic rings. The Labute approximate surface area is 152 Å². The van der Waals surface area contributed by atoms with Gasteiger partial charge in [-0.2, -0.15) is 0 Å². The van der Waals surface area contributed by atoms with Gasteiger partial charge < -0.3 is 9.47 Å². The van der Waals surface area contributed by atoms with Crippen LogP contribution in [0.1, 0.15) is 36.8 Å². The predicted molar refractivity (Wildman–Crippen MR) is 103 cm³/mol. The molecule has 0 radical (unpaired) electrons. The van der Waals surface area contributed by atoms with Crippen LogP contribution in [0.2, 0.25) is 0 Å². The van der Waals surface area contributed by atoms with Crippen LogP contribution in [0.25, 0.3) is 0 Å². The van der Waals surface area contributed by atoms with Gasteiger partial charge in [-0.15, -0.1) is 0 Å². The van der Waals surface area contributed by atoms with Crippen molar-refractivity contribution in [1.82, 2.24) is 0 Å². The van der Waals surface area contributed by atoms with E-state index in [1.807, 2.05) is 0 Å². The molecule has 134 valence electrons. The average Bonchev–Trinajstić information content (AvgIpc) is 2.65. The van der Waals surface area contributed by atoms with Crippen molar-refractivity contribution in [1.29, 1.82) is 0 Å². The molecule has 2 aromatic rings. The largest absolute Gasteiger partial charge is 0.382 e. The maximum Gasteiger partial charge on any atom is 0.0704 e. The summed E-state index contributed by atoms with van der Waals surface area (Å²) in [5.74, 6) is 0. The fourth-order valence-corrected chi connectivity index (χ4v) is 4.14. The van der Waals surface area contributed by atoms with Crippen molar-refractivity contribution < 1.29 is 9.47 Å². The first-order valence-corrected chi connectivity index (χ1v) is 9.48. The van der Waals surface area contributed by atoms with Crippen LogP contribution in [0.3, 0.4) is 0 Å². The van der Waals surface area contributed by atoms with E-state index >= 15 is 0 Å². The zero-order valence-corrected chi connectivity index (χ0v) is 15.3. The Morgan fingerprint density at radius 1 is 0.800 bits per heavy atom. The summed E-state index contributed by atoms with van der Waals surface area (Å²) in [4.78, 5) is 0. The number of benzene rings is 2. The van der Waals surface area contributed by atoms with Crippen LogP contribution in [0, 0.1) is 5.41 Å². The van der Waals surface area contributed by atoms with Gasteiger partial charge >= 0.3 is 0 Å². The number of ether oxygens (including phenoxy) is 2. The van der Waals surface area contributed by atoms with Crippen molar-refractivity contribution in [3.8, 4) is 0 Å². The molecule has 0 aromatic heterocycles. The van der Waals surface area contributed by atoms with Crippen LogP contribution in [-0.2, 0) is 22.3 Å². The minimum Gasteiger partial charge on any atom is -0.382 e. The fourth-order valence-electron chi connectivity index (χ4n) is 4.14. The second kappa shape index (κ2) is 9.17. The zero-order valence-electron chi connectivity index (χ0n) is 15.3. The van der Waals surface area contributed by atoms with Gasteiger partial charge in [0.15, 0.2) is 0 Å². The Hall–Kier alpha value is -1.64. The van der Waals surface area contributed by atoms with Gasteiger partial charge in [0.2, 0.25) is 0 Å². The summed E-state index contributed by atoms with van der Waals surface area (Å²) in [6.07, 6.45) is 7.49. The minimum absolute atomic E-state index is 0.351. The Morgan fingerprint density at radius 2 is 1.32 bits per heavy atom. The van der Waals surface area contributed by atoms with Crippen LogP contribution >= 0.6 is 0 Å². The molecular weight excluding hydrogens is 308 g/mol. The van der Waals surface area contributed by atoms with Crippen LogP contribution in [-0.4, -0.2) is 26.4 Å². The summed E-state index contributed by atoms with van der Waals surface area (Å²) in [5, 5.41) is 0. The lowest BCUT2D eigenvalue weighted by Crippen LogP contribution is -2.35. The lowest BCUT2D eigenvalue weighted by molar-refractivity contribution is -0.0232. The van der Waals surface area contributed by atoms with Gasteiger partial charge in [0.1, 0.15) is 0 Å². The molecule has 0 bridgehead atoms. The minimum atomic E-state index is 0.351. The molecule has 0 atom stereocenters. The topological polar surface area (TPSA) is 18.5 Å². The number of hydrogen-bond donors (Lipinski definition) is 0. The Morgan fingerprint density at radius 3 is 1.80 bits per heavy atom. The zero-order chi connectivity index (χ0) is 17.4. The third kappa shape index (κ3) is 5.42. The first kappa shape index (κ1) is 18.2. The fraction of sp³-hybridized carbons (Fsp3) is 0.478. The molecule has 0 N–H and O–H groups in total. The van der Waals surface area contributed by atoms with E-state index in [-0.39, 0.29) is 0 Å². The lowest BCUT2D eigenvalue weighted by Gasteiger charge is -2.41. The molecule has 0 aliphatic heterocycles. The first-order chi connectivity index (χ1) is 12.3. The summed E-state index contributed by atoms with van der Waals surface area (Å²) < 4.78 is 11.1. The molecule has 0 heterocycles. The third-order valence-corrected chi connectivity index (χ3v) is 5.48. The second-order valence-electron chi connectivity index (χ2n) is 7.39. The molecule has 0 amide bonds. The van der Waals surface area contributed by atoms with Crippen molar-refractivity contribution in [3.63, 3.8) is 0 Å². The van der Waals surface area contributed by atoms with Crippen molar-refractivity contribution in [3.05, 3.63) is 71.8 Å². The molecule has 1 fully saturated rings.